The number of rotatable bonds is 6. The molecule has 4 rings (SSSR count). The number of nitrogens with two attached hydrogens (primary N) is 1. The van der Waals surface area contributed by atoms with Gasteiger partial charge in [-0.2, -0.15) is 8.78 Å². The Morgan fingerprint density at radius 3 is 2.60 bits per heavy atom. The molecule has 0 saturated heterocycles. The fourth-order valence-corrected chi connectivity index (χ4v) is 3.68. The van der Waals surface area contributed by atoms with Crippen molar-refractivity contribution >= 4 is 22.7 Å². The summed E-state index contributed by atoms with van der Waals surface area (Å²) in [6.07, 6.45) is 0. The minimum Gasteiger partial charge on any atom is -0.435 e. The van der Waals surface area contributed by atoms with Crippen LogP contribution in [-0.4, -0.2) is 31.5 Å². The third-order valence-corrected chi connectivity index (χ3v) is 5.37. The molecule has 0 radical (unpaired) electrons. The summed E-state index contributed by atoms with van der Waals surface area (Å²) in [5, 5.41) is 8.83. The number of halogens is 2. The summed E-state index contributed by atoms with van der Waals surface area (Å²) in [6.45, 7) is -1.03. The first kappa shape index (κ1) is 19.8. The van der Waals surface area contributed by atoms with Crippen molar-refractivity contribution in [3.05, 3.63) is 64.7 Å². The van der Waals surface area contributed by atoms with E-state index in [1.165, 1.54) is 28.6 Å². The molecule has 8 nitrogen and oxygen atoms in total. The van der Waals surface area contributed by atoms with Crippen LogP contribution in [0.15, 0.2) is 58.5 Å². The second kappa shape index (κ2) is 8.11. The van der Waals surface area contributed by atoms with Crippen LogP contribution < -0.4 is 16.1 Å². The second-order valence-corrected chi connectivity index (χ2v) is 7.62. The molecule has 0 spiro atoms. The van der Waals surface area contributed by atoms with Crippen LogP contribution in [0.1, 0.15) is 18.0 Å². The van der Waals surface area contributed by atoms with E-state index >= 15 is 0 Å². The SMILES string of the molecule is CC(Sc1nnc(-c2ccc(OC(F)F)cc2)n1N)c1nc2ccccc2c(=O)[nH]1. The van der Waals surface area contributed by atoms with Gasteiger partial charge in [-0.3, -0.25) is 4.79 Å². The quantitative estimate of drug-likeness (QED) is 0.356. The summed E-state index contributed by atoms with van der Waals surface area (Å²) in [6, 6.07) is 13.0. The van der Waals surface area contributed by atoms with Crippen molar-refractivity contribution in [1.29, 1.82) is 0 Å². The van der Waals surface area contributed by atoms with Crippen LogP contribution in [0, 0.1) is 0 Å². The Labute approximate surface area is 173 Å². The highest BCUT2D eigenvalue weighted by Gasteiger charge is 2.18. The number of nitrogen functional groups attached to an aromatic ring is 1. The summed E-state index contributed by atoms with van der Waals surface area (Å²) >= 11 is 1.28. The first-order valence-corrected chi connectivity index (χ1v) is 9.71. The van der Waals surface area contributed by atoms with E-state index in [1.54, 1.807) is 30.3 Å². The molecule has 0 aliphatic heterocycles. The lowest BCUT2D eigenvalue weighted by Crippen LogP contribution is -2.14. The van der Waals surface area contributed by atoms with Crippen LogP contribution in [0.4, 0.5) is 8.78 Å². The third kappa shape index (κ3) is 3.96. The van der Waals surface area contributed by atoms with Gasteiger partial charge in [0, 0.05) is 5.56 Å². The standard InChI is InChI=1S/C19H16F2N6O2S/c1-10(15-23-14-5-3-2-4-13(14)17(28)24-15)30-19-26-25-16(27(19)22)11-6-8-12(9-7-11)29-18(20)21/h2-10,18H,22H2,1H3,(H,23,24,28). The zero-order valence-corrected chi connectivity index (χ0v) is 16.4. The van der Waals surface area contributed by atoms with Crippen molar-refractivity contribution in [3.8, 4) is 17.1 Å². The molecule has 0 fully saturated rings. The van der Waals surface area contributed by atoms with Crippen molar-refractivity contribution in [2.75, 3.05) is 5.84 Å². The van der Waals surface area contributed by atoms with E-state index in [4.69, 9.17) is 5.84 Å². The zero-order chi connectivity index (χ0) is 21.3. The number of fused-ring (bicyclic) bond motifs is 1. The maximum atomic E-state index is 12.3. The van der Waals surface area contributed by atoms with Crippen molar-refractivity contribution in [2.45, 2.75) is 23.9 Å². The number of benzene rings is 2. The van der Waals surface area contributed by atoms with E-state index in [9.17, 15) is 13.6 Å². The monoisotopic (exact) mass is 430 g/mol. The summed E-state index contributed by atoms with van der Waals surface area (Å²) < 4.78 is 30.2. The van der Waals surface area contributed by atoms with Gasteiger partial charge in [0.2, 0.25) is 5.16 Å². The molecule has 2 aromatic carbocycles. The van der Waals surface area contributed by atoms with Crippen molar-refractivity contribution in [2.24, 2.45) is 0 Å². The highest BCUT2D eigenvalue weighted by molar-refractivity contribution is 7.99. The van der Waals surface area contributed by atoms with Gasteiger partial charge in [0.25, 0.3) is 5.56 Å². The normalized spacial score (nSPS) is 12.4. The number of hydrogen-bond acceptors (Lipinski definition) is 7. The summed E-state index contributed by atoms with van der Waals surface area (Å²) in [5.41, 5.74) is 0.970. The van der Waals surface area contributed by atoms with Crippen molar-refractivity contribution in [3.63, 3.8) is 0 Å². The molecule has 30 heavy (non-hydrogen) atoms. The number of alkyl halides is 2. The number of hydrogen-bond donors (Lipinski definition) is 2. The number of nitrogens with zero attached hydrogens (tertiary/aromatic N) is 4. The lowest BCUT2D eigenvalue weighted by atomic mass is 10.2. The minimum absolute atomic E-state index is 0.0337. The molecule has 11 heteroatoms. The Hall–Kier alpha value is -3.47. The van der Waals surface area contributed by atoms with E-state index in [0.717, 1.165) is 0 Å². The Balaban J connectivity index is 1.56. The summed E-state index contributed by atoms with van der Waals surface area (Å²) in [5.74, 6) is 7.00. The molecule has 0 aliphatic rings. The molecule has 0 bridgehead atoms. The topological polar surface area (TPSA) is 112 Å². The Bertz CT molecular complexity index is 1240. The van der Waals surface area contributed by atoms with Gasteiger partial charge in [-0.1, -0.05) is 23.9 Å². The number of para-hydroxylation sites is 1. The first-order valence-electron chi connectivity index (χ1n) is 8.83. The van der Waals surface area contributed by atoms with Crippen LogP contribution in [0.25, 0.3) is 22.3 Å². The van der Waals surface area contributed by atoms with Gasteiger partial charge in [0.05, 0.1) is 16.2 Å². The van der Waals surface area contributed by atoms with Crippen LogP contribution in [0.3, 0.4) is 0 Å². The van der Waals surface area contributed by atoms with Crippen LogP contribution in [-0.2, 0) is 0 Å². The molecular formula is C19H16F2N6O2S. The predicted octanol–water partition coefficient (Wildman–Crippen LogP) is 3.35. The van der Waals surface area contributed by atoms with Gasteiger partial charge >= 0.3 is 6.61 Å². The van der Waals surface area contributed by atoms with Gasteiger partial charge in [-0.05, 0) is 43.3 Å². The van der Waals surface area contributed by atoms with E-state index in [1.807, 2.05) is 13.0 Å². The predicted molar refractivity (Wildman–Crippen MR) is 109 cm³/mol. The van der Waals surface area contributed by atoms with Crippen molar-refractivity contribution in [1.82, 2.24) is 24.8 Å². The van der Waals surface area contributed by atoms with Crippen LogP contribution in [0.5, 0.6) is 5.75 Å². The smallest absolute Gasteiger partial charge is 0.387 e. The molecule has 0 amide bonds. The number of aromatic amines is 1. The molecule has 0 saturated carbocycles. The molecule has 154 valence electrons. The fourth-order valence-electron chi connectivity index (χ4n) is 2.85. The third-order valence-electron chi connectivity index (χ3n) is 4.30. The molecule has 4 aromatic rings. The summed E-state index contributed by atoms with van der Waals surface area (Å²) in [4.78, 5) is 19.6. The molecule has 2 aromatic heterocycles. The van der Waals surface area contributed by atoms with Crippen LogP contribution >= 0.6 is 11.8 Å². The number of ether oxygens (including phenoxy) is 1. The highest BCUT2D eigenvalue weighted by Crippen LogP contribution is 2.33. The number of aromatic nitrogens is 5. The largest absolute Gasteiger partial charge is 0.435 e. The lowest BCUT2D eigenvalue weighted by Gasteiger charge is -2.11. The van der Waals surface area contributed by atoms with Gasteiger partial charge in [-0.15, -0.1) is 10.2 Å². The van der Waals surface area contributed by atoms with E-state index in [0.29, 0.717) is 33.3 Å². The average Bonchev–Trinajstić information content (AvgIpc) is 3.08. The van der Waals surface area contributed by atoms with Crippen molar-refractivity contribution < 1.29 is 13.5 Å². The van der Waals surface area contributed by atoms with E-state index in [2.05, 4.69) is 24.9 Å². The minimum atomic E-state index is -2.89. The summed E-state index contributed by atoms with van der Waals surface area (Å²) in [7, 11) is 0. The van der Waals surface area contributed by atoms with E-state index in [-0.39, 0.29) is 16.6 Å². The molecular weight excluding hydrogens is 414 g/mol. The van der Waals surface area contributed by atoms with Gasteiger partial charge in [0.1, 0.15) is 11.6 Å². The lowest BCUT2D eigenvalue weighted by molar-refractivity contribution is -0.0498. The Kier molecular flexibility index (Phi) is 5.36. The zero-order valence-electron chi connectivity index (χ0n) is 15.6. The second-order valence-electron chi connectivity index (χ2n) is 6.31. The number of H-pyrrole nitrogens is 1. The molecule has 3 N–H and O–H groups in total. The van der Waals surface area contributed by atoms with Gasteiger partial charge < -0.3 is 15.6 Å². The molecule has 0 aliphatic carbocycles. The van der Waals surface area contributed by atoms with Gasteiger partial charge in [0.15, 0.2) is 5.82 Å². The average molecular weight is 430 g/mol. The molecule has 1 atom stereocenters. The highest BCUT2D eigenvalue weighted by atomic mass is 32.2. The maximum Gasteiger partial charge on any atom is 0.387 e. The number of nitrogens with one attached hydrogen (secondary N) is 1. The maximum absolute atomic E-state index is 12.3. The van der Waals surface area contributed by atoms with Crippen LogP contribution in [0.2, 0.25) is 0 Å². The Morgan fingerprint density at radius 2 is 1.87 bits per heavy atom. The van der Waals surface area contributed by atoms with Gasteiger partial charge in [-0.25, -0.2) is 9.66 Å². The fraction of sp³-hybridized carbons (Fsp3) is 0.158. The first-order chi connectivity index (χ1) is 14.4. The van der Waals surface area contributed by atoms with E-state index < -0.39 is 6.61 Å². The molecule has 1 unspecified atom stereocenters. The Morgan fingerprint density at radius 1 is 1.13 bits per heavy atom. The molecule has 2 heterocycles. The number of thioether (sulfide) groups is 1.